The second-order valence-electron chi connectivity index (χ2n) is 5.66. The molecule has 0 spiro atoms. The summed E-state index contributed by atoms with van der Waals surface area (Å²) < 4.78 is 15.6. The first-order valence-corrected chi connectivity index (χ1v) is 8.21. The van der Waals surface area contributed by atoms with Crippen molar-refractivity contribution in [3.63, 3.8) is 0 Å². The van der Waals surface area contributed by atoms with Gasteiger partial charge in [-0.2, -0.15) is 0 Å². The quantitative estimate of drug-likeness (QED) is 0.710. The maximum absolute atomic E-state index is 12.0. The number of nitrogens with one attached hydrogen (secondary N) is 2. The molecule has 0 radical (unpaired) electrons. The Labute approximate surface area is 151 Å². The highest BCUT2D eigenvalue weighted by Gasteiger charge is 2.24. The molecule has 0 atom stereocenters. The van der Waals surface area contributed by atoms with E-state index in [1.54, 1.807) is 6.92 Å². The van der Waals surface area contributed by atoms with Crippen molar-refractivity contribution >= 4 is 18.0 Å². The summed E-state index contributed by atoms with van der Waals surface area (Å²) in [6.45, 7) is 5.13. The van der Waals surface area contributed by atoms with E-state index in [9.17, 15) is 14.4 Å². The normalized spacial score (nSPS) is 13.6. The molecule has 0 saturated heterocycles. The van der Waals surface area contributed by atoms with Gasteiger partial charge in [-0.25, -0.2) is 14.4 Å². The van der Waals surface area contributed by atoms with Gasteiger partial charge >= 0.3 is 18.0 Å². The third-order valence-corrected chi connectivity index (χ3v) is 3.70. The van der Waals surface area contributed by atoms with Crippen LogP contribution in [-0.4, -0.2) is 44.3 Å². The van der Waals surface area contributed by atoms with E-state index in [1.165, 1.54) is 0 Å². The fourth-order valence-corrected chi connectivity index (χ4v) is 2.42. The second-order valence-corrected chi connectivity index (χ2v) is 5.66. The third kappa shape index (κ3) is 4.98. The Morgan fingerprint density at radius 1 is 1.15 bits per heavy atom. The average Bonchev–Trinajstić information content (AvgIpc) is 2.59. The molecule has 1 aliphatic heterocycles. The Balaban J connectivity index is 1.96. The van der Waals surface area contributed by atoms with Crippen molar-refractivity contribution in [2.45, 2.75) is 20.8 Å². The van der Waals surface area contributed by atoms with Crippen molar-refractivity contribution in [1.29, 1.82) is 0 Å². The van der Waals surface area contributed by atoms with Gasteiger partial charge in [-0.15, -0.1) is 0 Å². The van der Waals surface area contributed by atoms with Gasteiger partial charge < -0.3 is 24.8 Å². The Bertz CT molecular complexity index is 721. The number of para-hydroxylation sites is 1. The van der Waals surface area contributed by atoms with Crippen molar-refractivity contribution in [1.82, 2.24) is 10.6 Å². The van der Waals surface area contributed by atoms with Crippen molar-refractivity contribution in [3.8, 4) is 5.75 Å². The van der Waals surface area contributed by atoms with Crippen molar-refractivity contribution in [2.24, 2.45) is 0 Å². The average molecular weight is 362 g/mol. The maximum Gasteiger partial charge on any atom is 0.344 e. The van der Waals surface area contributed by atoms with E-state index in [4.69, 9.17) is 14.2 Å². The smallest absolute Gasteiger partial charge is 0.344 e. The predicted molar refractivity (Wildman–Crippen MR) is 92.6 cm³/mol. The van der Waals surface area contributed by atoms with Gasteiger partial charge in [0.1, 0.15) is 12.4 Å². The molecule has 0 bridgehead atoms. The Morgan fingerprint density at radius 2 is 1.85 bits per heavy atom. The van der Waals surface area contributed by atoms with Gasteiger partial charge in [-0.3, -0.25) is 0 Å². The summed E-state index contributed by atoms with van der Waals surface area (Å²) in [5.41, 5.74) is 2.24. The fraction of sp³-hybridized carbons (Fsp3) is 0.389. The highest BCUT2D eigenvalue weighted by atomic mass is 16.6. The zero-order valence-electron chi connectivity index (χ0n) is 15.0. The lowest BCUT2D eigenvalue weighted by atomic mass is 10.1. The predicted octanol–water partition coefficient (Wildman–Crippen LogP) is 1.36. The van der Waals surface area contributed by atoms with E-state index in [2.05, 4.69) is 10.6 Å². The van der Waals surface area contributed by atoms with Crippen LogP contribution in [0.4, 0.5) is 4.79 Å². The minimum atomic E-state index is -0.615. The Hall–Kier alpha value is -3.03. The molecule has 8 nitrogen and oxygen atoms in total. The number of esters is 2. The molecular formula is C18H22N2O6. The van der Waals surface area contributed by atoms with Gasteiger partial charge in [-0.1, -0.05) is 18.2 Å². The summed E-state index contributed by atoms with van der Waals surface area (Å²) in [6.07, 6.45) is 0. The van der Waals surface area contributed by atoms with E-state index in [0.29, 0.717) is 5.75 Å². The molecule has 140 valence electrons. The molecule has 0 fully saturated rings. The SMILES string of the molecule is CCOC(=O)C1=C(COC(=O)COc2c(C)cccc2C)NC(=O)NC1. The lowest BCUT2D eigenvalue weighted by Crippen LogP contribution is -2.45. The van der Waals surface area contributed by atoms with E-state index in [1.807, 2.05) is 32.0 Å². The number of aryl methyl sites for hydroxylation is 2. The number of hydrogen-bond donors (Lipinski definition) is 2. The van der Waals surface area contributed by atoms with E-state index in [0.717, 1.165) is 11.1 Å². The van der Waals surface area contributed by atoms with Crippen LogP contribution in [0.2, 0.25) is 0 Å². The van der Waals surface area contributed by atoms with Crippen molar-refractivity contribution in [3.05, 3.63) is 40.6 Å². The Morgan fingerprint density at radius 3 is 2.50 bits per heavy atom. The summed E-state index contributed by atoms with van der Waals surface area (Å²) in [4.78, 5) is 35.3. The second kappa shape index (κ2) is 8.89. The van der Waals surface area contributed by atoms with Gasteiger partial charge in [0.15, 0.2) is 6.61 Å². The highest BCUT2D eigenvalue weighted by molar-refractivity contribution is 5.93. The molecule has 1 aromatic carbocycles. The molecule has 0 aliphatic carbocycles. The van der Waals surface area contributed by atoms with Crippen LogP contribution in [0.1, 0.15) is 18.1 Å². The molecule has 26 heavy (non-hydrogen) atoms. The lowest BCUT2D eigenvalue weighted by Gasteiger charge is -2.21. The first-order chi connectivity index (χ1) is 12.4. The fourth-order valence-electron chi connectivity index (χ4n) is 2.42. The van der Waals surface area contributed by atoms with Crippen LogP contribution in [0, 0.1) is 13.8 Å². The number of urea groups is 1. The minimum absolute atomic E-state index is 0.0104. The number of rotatable bonds is 7. The molecule has 2 amide bonds. The van der Waals surface area contributed by atoms with Crippen LogP contribution in [-0.2, 0) is 19.1 Å². The van der Waals surface area contributed by atoms with Gasteiger partial charge in [0, 0.05) is 0 Å². The third-order valence-electron chi connectivity index (χ3n) is 3.70. The molecule has 8 heteroatoms. The number of carbonyl (C=O) groups is 3. The minimum Gasteiger partial charge on any atom is -0.481 e. The van der Waals surface area contributed by atoms with Gasteiger partial charge in [0.25, 0.3) is 0 Å². The van der Waals surface area contributed by atoms with Crippen molar-refractivity contribution in [2.75, 3.05) is 26.4 Å². The number of hydrogen-bond acceptors (Lipinski definition) is 6. The van der Waals surface area contributed by atoms with E-state index >= 15 is 0 Å². The van der Waals surface area contributed by atoms with E-state index in [-0.39, 0.29) is 37.6 Å². The van der Waals surface area contributed by atoms with E-state index < -0.39 is 18.0 Å². The van der Waals surface area contributed by atoms with Gasteiger partial charge in [0.05, 0.1) is 24.4 Å². The number of carbonyl (C=O) groups excluding carboxylic acids is 3. The van der Waals surface area contributed by atoms with Crippen LogP contribution in [0.5, 0.6) is 5.75 Å². The standard InChI is InChI=1S/C18H22N2O6/c1-4-24-17(22)13-8-19-18(23)20-14(13)9-25-15(21)10-26-16-11(2)6-5-7-12(16)3/h5-7H,4,8-10H2,1-3H3,(H2,19,20,23). The number of amides is 2. The summed E-state index contributed by atoms with van der Waals surface area (Å²) in [5.74, 6) is -0.556. The molecular weight excluding hydrogens is 340 g/mol. The van der Waals surface area contributed by atoms with Gasteiger partial charge in [0.2, 0.25) is 0 Å². The molecule has 0 saturated carbocycles. The molecule has 1 aliphatic rings. The van der Waals surface area contributed by atoms with Crippen LogP contribution in [0.3, 0.4) is 0 Å². The maximum atomic E-state index is 12.0. The lowest BCUT2D eigenvalue weighted by molar-refractivity contribution is -0.145. The highest BCUT2D eigenvalue weighted by Crippen LogP contribution is 2.22. The zero-order chi connectivity index (χ0) is 19.1. The molecule has 0 unspecified atom stereocenters. The number of ether oxygens (including phenoxy) is 3. The van der Waals surface area contributed by atoms with Crippen LogP contribution in [0.25, 0.3) is 0 Å². The van der Waals surface area contributed by atoms with Crippen molar-refractivity contribution < 1.29 is 28.6 Å². The molecule has 1 heterocycles. The topological polar surface area (TPSA) is 103 Å². The zero-order valence-corrected chi connectivity index (χ0v) is 15.0. The molecule has 2 rings (SSSR count). The molecule has 1 aromatic rings. The largest absolute Gasteiger partial charge is 0.481 e. The van der Waals surface area contributed by atoms with Crippen LogP contribution < -0.4 is 15.4 Å². The Kier molecular flexibility index (Phi) is 6.60. The van der Waals surface area contributed by atoms with Gasteiger partial charge in [-0.05, 0) is 31.9 Å². The monoisotopic (exact) mass is 362 g/mol. The summed E-state index contributed by atoms with van der Waals surface area (Å²) >= 11 is 0. The number of benzene rings is 1. The first kappa shape index (κ1) is 19.3. The summed E-state index contributed by atoms with van der Waals surface area (Å²) in [5, 5.41) is 4.94. The molecule has 0 aromatic heterocycles. The summed E-state index contributed by atoms with van der Waals surface area (Å²) in [7, 11) is 0. The van der Waals surface area contributed by atoms with Crippen LogP contribution >= 0.6 is 0 Å². The van der Waals surface area contributed by atoms with Crippen LogP contribution in [0.15, 0.2) is 29.5 Å². The summed E-state index contributed by atoms with van der Waals surface area (Å²) in [6, 6.07) is 5.19. The first-order valence-electron chi connectivity index (χ1n) is 8.21. The molecule has 2 N–H and O–H groups in total.